The van der Waals surface area contributed by atoms with Gasteiger partial charge >= 0.3 is 0 Å². The molecule has 1 amide bonds. The Labute approximate surface area is 143 Å². The van der Waals surface area contributed by atoms with E-state index in [0.717, 1.165) is 5.56 Å². The fourth-order valence-electron chi connectivity index (χ4n) is 2.03. The van der Waals surface area contributed by atoms with E-state index >= 15 is 0 Å². The Bertz CT molecular complexity index is 825. The molecule has 3 aromatic rings. The normalized spacial score (nSPS) is 10.4. The molecule has 0 radical (unpaired) electrons. The fourth-order valence-corrected chi connectivity index (χ4v) is 2.78. The van der Waals surface area contributed by atoms with Crippen LogP contribution in [0.3, 0.4) is 0 Å². The lowest BCUT2D eigenvalue weighted by Gasteiger charge is -2.05. The monoisotopic (exact) mass is 339 g/mol. The van der Waals surface area contributed by atoms with Crippen molar-refractivity contribution in [2.24, 2.45) is 0 Å². The van der Waals surface area contributed by atoms with Gasteiger partial charge in [-0.25, -0.2) is 4.39 Å². The number of benzene rings is 2. The van der Waals surface area contributed by atoms with Crippen molar-refractivity contribution in [3.8, 4) is 0 Å². The summed E-state index contributed by atoms with van der Waals surface area (Å²) in [5, 5.41) is 11.5. The lowest BCUT2D eigenvalue weighted by molar-refractivity contribution is 0.102. The molecule has 1 heterocycles. The van der Waals surface area contributed by atoms with Gasteiger partial charge in [-0.05, 0) is 42.0 Å². The van der Waals surface area contributed by atoms with E-state index in [-0.39, 0.29) is 11.7 Å². The van der Waals surface area contributed by atoms with E-state index in [2.05, 4.69) is 15.5 Å². The lowest BCUT2D eigenvalue weighted by Crippen LogP contribution is -2.13. The summed E-state index contributed by atoms with van der Waals surface area (Å²) in [5.41, 5.74) is 1.44. The van der Waals surface area contributed by atoms with Gasteiger partial charge in [0, 0.05) is 11.3 Å². The standard InChI is InChI=1S/C18H14FN3OS/c19-15-8-4-5-13(11-15)12-24-17-10-9-16(21-22-17)20-18(23)14-6-2-1-3-7-14/h1-11H,12H2,(H,20,21,23). The molecule has 1 N–H and O–H groups in total. The van der Waals surface area contributed by atoms with E-state index in [1.807, 2.05) is 12.1 Å². The molecule has 0 bridgehead atoms. The number of rotatable bonds is 5. The zero-order valence-electron chi connectivity index (χ0n) is 12.6. The predicted molar refractivity (Wildman–Crippen MR) is 92.4 cm³/mol. The quantitative estimate of drug-likeness (QED) is 0.709. The van der Waals surface area contributed by atoms with Crippen molar-refractivity contribution < 1.29 is 9.18 Å². The van der Waals surface area contributed by atoms with Crippen LogP contribution in [0.4, 0.5) is 10.2 Å². The Balaban J connectivity index is 1.58. The molecule has 1 aromatic heterocycles. The minimum Gasteiger partial charge on any atom is -0.305 e. The Morgan fingerprint density at radius 3 is 2.54 bits per heavy atom. The van der Waals surface area contributed by atoms with Crippen LogP contribution in [0.1, 0.15) is 15.9 Å². The first-order valence-electron chi connectivity index (χ1n) is 7.28. The third-order valence-electron chi connectivity index (χ3n) is 3.19. The highest BCUT2D eigenvalue weighted by molar-refractivity contribution is 7.98. The second-order valence-corrected chi connectivity index (χ2v) is 5.99. The maximum atomic E-state index is 13.1. The first-order chi connectivity index (χ1) is 11.7. The lowest BCUT2D eigenvalue weighted by atomic mass is 10.2. The molecule has 0 unspecified atom stereocenters. The summed E-state index contributed by atoms with van der Waals surface area (Å²) in [6.45, 7) is 0. The summed E-state index contributed by atoms with van der Waals surface area (Å²) >= 11 is 1.45. The number of carbonyl (C=O) groups is 1. The molecule has 2 aromatic carbocycles. The van der Waals surface area contributed by atoms with Crippen LogP contribution in [0.15, 0.2) is 71.8 Å². The molecule has 3 rings (SSSR count). The van der Waals surface area contributed by atoms with Crippen molar-refractivity contribution in [3.05, 3.63) is 83.7 Å². The van der Waals surface area contributed by atoms with E-state index in [0.29, 0.717) is 22.2 Å². The van der Waals surface area contributed by atoms with Crippen LogP contribution in [0.5, 0.6) is 0 Å². The molecular formula is C18H14FN3OS. The van der Waals surface area contributed by atoms with Crippen molar-refractivity contribution in [1.82, 2.24) is 10.2 Å². The van der Waals surface area contributed by atoms with Crippen LogP contribution in [-0.2, 0) is 5.75 Å². The molecule has 120 valence electrons. The molecule has 0 saturated carbocycles. The SMILES string of the molecule is O=C(Nc1ccc(SCc2cccc(F)c2)nn1)c1ccccc1. The molecule has 4 nitrogen and oxygen atoms in total. The molecule has 6 heteroatoms. The highest BCUT2D eigenvalue weighted by atomic mass is 32.2. The minimum atomic E-state index is -0.252. The van der Waals surface area contributed by atoms with Gasteiger partial charge in [0.1, 0.15) is 10.8 Å². The number of amides is 1. The van der Waals surface area contributed by atoms with Crippen molar-refractivity contribution in [2.75, 3.05) is 5.32 Å². The summed E-state index contributed by atoms with van der Waals surface area (Å²) in [7, 11) is 0. The van der Waals surface area contributed by atoms with E-state index in [4.69, 9.17) is 0 Å². The summed E-state index contributed by atoms with van der Waals surface area (Å²) in [4.78, 5) is 12.0. The second-order valence-electron chi connectivity index (χ2n) is 5.00. The van der Waals surface area contributed by atoms with Crippen molar-refractivity contribution in [1.29, 1.82) is 0 Å². The number of thioether (sulfide) groups is 1. The second kappa shape index (κ2) is 7.70. The van der Waals surface area contributed by atoms with Crippen LogP contribution in [0, 0.1) is 5.82 Å². The van der Waals surface area contributed by atoms with Gasteiger partial charge in [0.2, 0.25) is 0 Å². The molecule has 0 atom stereocenters. The van der Waals surface area contributed by atoms with Crippen molar-refractivity contribution >= 4 is 23.5 Å². The van der Waals surface area contributed by atoms with Crippen LogP contribution in [-0.4, -0.2) is 16.1 Å². The van der Waals surface area contributed by atoms with Crippen LogP contribution in [0.25, 0.3) is 0 Å². The third-order valence-corrected chi connectivity index (χ3v) is 4.18. The van der Waals surface area contributed by atoms with Gasteiger partial charge < -0.3 is 5.32 Å². The Kier molecular flexibility index (Phi) is 5.18. The van der Waals surface area contributed by atoms with E-state index in [1.165, 1.54) is 23.9 Å². The number of hydrogen-bond donors (Lipinski definition) is 1. The molecule has 0 saturated heterocycles. The minimum absolute atomic E-state index is 0.231. The molecular weight excluding hydrogens is 325 g/mol. The van der Waals surface area contributed by atoms with Gasteiger partial charge in [-0.3, -0.25) is 4.79 Å². The Hall–Kier alpha value is -2.73. The molecule has 24 heavy (non-hydrogen) atoms. The Morgan fingerprint density at radius 1 is 1.00 bits per heavy atom. The summed E-state index contributed by atoms with van der Waals surface area (Å²) in [6, 6.07) is 18.8. The average molecular weight is 339 g/mol. The van der Waals surface area contributed by atoms with Crippen LogP contribution < -0.4 is 5.32 Å². The predicted octanol–water partition coefficient (Wildman–Crippen LogP) is 4.16. The molecule has 0 spiro atoms. The van der Waals surface area contributed by atoms with E-state index in [1.54, 1.807) is 42.5 Å². The average Bonchev–Trinajstić information content (AvgIpc) is 2.62. The van der Waals surface area contributed by atoms with Crippen LogP contribution >= 0.6 is 11.8 Å². The number of nitrogens with zero attached hydrogens (tertiary/aromatic N) is 2. The van der Waals surface area contributed by atoms with Gasteiger partial charge in [-0.15, -0.1) is 10.2 Å². The fraction of sp³-hybridized carbons (Fsp3) is 0.0556. The number of hydrogen-bond acceptors (Lipinski definition) is 4. The van der Waals surface area contributed by atoms with E-state index in [9.17, 15) is 9.18 Å². The molecule has 0 fully saturated rings. The highest BCUT2D eigenvalue weighted by Gasteiger charge is 2.07. The summed E-state index contributed by atoms with van der Waals surface area (Å²) in [6.07, 6.45) is 0. The first kappa shape index (κ1) is 16.1. The van der Waals surface area contributed by atoms with Gasteiger partial charge in [0.05, 0.1) is 0 Å². The summed E-state index contributed by atoms with van der Waals surface area (Å²) in [5.74, 6) is 0.504. The largest absolute Gasteiger partial charge is 0.305 e. The topological polar surface area (TPSA) is 54.9 Å². The number of carbonyl (C=O) groups excluding carboxylic acids is 1. The van der Waals surface area contributed by atoms with Crippen LogP contribution in [0.2, 0.25) is 0 Å². The van der Waals surface area contributed by atoms with Crippen molar-refractivity contribution in [2.45, 2.75) is 10.8 Å². The highest BCUT2D eigenvalue weighted by Crippen LogP contribution is 2.21. The van der Waals surface area contributed by atoms with Crippen molar-refractivity contribution in [3.63, 3.8) is 0 Å². The Morgan fingerprint density at radius 2 is 1.83 bits per heavy atom. The zero-order chi connectivity index (χ0) is 16.8. The molecule has 0 aliphatic heterocycles. The molecule has 0 aliphatic carbocycles. The smallest absolute Gasteiger partial charge is 0.256 e. The van der Waals surface area contributed by atoms with Gasteiger partial charge in [0.25, 0.3) is 5.91 Å². The number of anilines is 1. The molecule has 0 aliphatic rings. The maximum absolute atomic E-state index is 13.1. The maximum Gasteiger partial charge on any atom is 0.256 e. The number of aromatic nitrogens is 2. The number of nitrogens with one attached hydrogen (secondary N) is 1. The summed E-state index contributed by atoms with van der Waals surface area (Å²) < 4.78 is 13.1. The zero-order valence-corrected chi connectivity index (χ0v) is 13.5. The van der Waals surface area contributed by atoms with Gasteiger partial charge in [0.15, 0.2) is 5.82 Å². The first-order valence-corrected chi connectivity index (χ1v) is 8.27. The van der Waals surface area contributed by atoms with E-state index < -0.39 is 0 Å². The van der Waals surface area contributed by atoms with Gasteiger partial charge in [-0.1, -0.05) is 42.1 Å². The number of halogens is 1. The van der Waals surface area contributed by atoms with Gasteiger partial charge in [-0.2, -0.15) is 0 Å². The third kappa shape index (κ3) is 4.39.